The van der Waals surface area contributed by atoms with Crippen molar-refractivity contribution < 1.29 is 9.84 Å². The lowest BCUT2D eigenvalue weighted by Gasteiger charge is -2.06. The number of nitrogens with one attached hydrogen (secondary N) is 1. The predicted octanol–water partition coefficient (Wildman–Crippen LogP) is 0.475. The van der Waals surface area contributed by atoms with Crippen LogP contribution in [0.1, 0.15) is 6.42 Å². The molecule has 0 aromatic carbocycles. The largest absolute Gasteiger partial charge is 0.397 e. The van der Waals surface area contributed by atoms with Crippen LogP contribution in [-0.2, 0) is 4.74 Å². The molecule has 5 nitrogen and oxygen atoms in total. The van der Waals surface area contributed by atoms with E-state index < -0.39 is 0 Å². The van der Waals surface area contributed by atoms with Gasteiger partial charge in [0.25, 0.3) is 0 Å². The summed E-state index contributed by atoms with van der Waals surface area (Å²) in [6.07, 6.45) is 4.22. The molecule has 1 rings (SSSR count). The van der Waals surface area contributed by atoms with Gasteiger partial charge in [0.2, 0.25) is 0 Å². The van der Waals surface area contributed by atoms with E-state index in [-0.39, 0.29) is 6.61 Å². The Balaban J connectivity index is 2.10. The van der Waals surface area contributed by atoms with Gasteiger partial charge in [-0.25, -0.2) is 0 Å². The summed E-state index contributed by atoms with van der Waals surface area (Å²) in [6.45, 7) is 1.92. The molecular weight excluding hydrogens is 194 g/mol. The lowest BCUT2D eigenvalue weighted by atomic mass is 10.3. The lowest BCUT2D eigenvalue weighted by Crippen LogP contribution is -2.07. The van der Waals surface area contributed by atoms with Crippen molar-refractivity contribution in [2.45, 2.75) is 6.42 Å². The highest BCUT2D eigenvalue weighted by Gasteiger charge is 1.93. The molecule has 1 aromatic rings. The van der Waals surface area contributed by atoms with Gasteiger partial charge >= 0.3 is 0 Å². The van der Waals surface area contributed by atoms with Gasteiger partial charge < -0.3 is 20.9 Å². The monoisotopic (exact) mass is 211 g/mol. The Morgan fingerprint density at radius 1 is 1.40 bits per heavy atom. The molecule has 0 aliphatic heterocycles. The van der Waals surface area contributed by atoms with Gasteiger partial charge in [0.05, 0.1) is 30.8 Å². The third-order valence-corrected chi connectivity index (χ3v) is 1.79. The number of pyridine rings is 1. The molecule has 84 valence electrons. The number of nitrogens with two attached hydrogens (primary N) is 1. The van der Waals surface area contributed by atoms with Crippen molar-refractivity contribution in [1.29, 1.82) is 0 Å². The second-order valence-electron chi connectivity index (χ2n) is 3.12. The minimum absolute atomic E-state index is 0.0760. The van der Waals surface area contributed by atoms with Crippen LogP contribution in [0, 0.1) is 0 Å². The Labute approximate surface area is 89.3 Å². The molecule has 0 saturated carbocycles. The molecule has 0 saturated heterocycles. The fourth-order valence-corrected chi connectivity index (χ4v) is 1.13. The van der Waals surface area contributed by atoms with Gasteiger partial charge in [-0.05, 0) is 12.5 Å². The molecule has 1 aromatic heterocycles. The molecule has 0 aliphatic carbocycles. The lowest BCUT2D eigenvalue weighted by molar-refractivity contribution is 0.0922. The van der Waals surface area contributed by atoms with Crippen LogP contribution in [0.3, 0.4) is 0 Å². The van der Waals surface area contributed by atoms with Crippen LogP contribution < -0.4 is 11.1 Å². The zero-order valence-electron chi connectivity index (χ0n) is 8.65. The first-order valence-corrected chi connectivity index (χ1v) is 4.96. The molecule has 0 aliphatic rings. The maximum absolute atomic E-state index is 8.47. The standard InChI is InChI=1S/C10H17N3O2/c11-9-6-10(8-12-7-9)13-2-1-4-15-5-3-14/h6-8,13-14H,1-5,11H2. The number of nitrogens with zero attached hydrogens (tertiary/aromatic N) is 1. The Morgan fingerprint density at radius 3 is 3.00 bits per heavy atom. The van der Waals surface area contributed by atoms with Crippen molar-refractivity contribution in [2.24, 2.45) is 0 Å². The summed E-state index contributed by atoms with van der Waals surface area (Å²) >= 11 is 0. The fourth-order valence-electron chi connectivity index (χ4n) is 1.13. The van der Waals surface area contributed by atoms with Gasteiger partial charge in [0, 0.05) is 19.3 Å². The Bertz CT molecular complexity index is 281. The molecule has 0 unspecified atom stereocenters. The second-order valence-corrected chi connectivity index (χ2v) is 3.12. The quantitative estimate of drug-likeness (QED) is 0.571. The molecule has 0 spiro atoms. The first-order chi connectivity index (χ1) is 7.33. The molecule has 4 N–H and O–H groups in total. The molecule has 0 amide bonds. The highest BCUT2D eigenvalue weighted by Crippen LogP contribution is 2.08. The van der Waals surface area contributed by atoms with E-state index in [4.69, 9.17) is 15.6 Å². The van der Waals surface area contributed by atoms with Crippen LogP contribution in [0.4, 0.5) is 11.4 Å². The van der Waals surface area contributed by atoms with Crippen LogP contribution in [0.15, 0.2) is 18.5 Å². The molecular formula is C10H17N3O2. The molecule has 0 bridgehead atoms. The zero-order valence-corrected chi connectivity index (χ0v) is 8.65. The molecule has 15 heavy (non-hydrogen) atoms. The zero-order chi connectivity index (χ0) is 10.9. The first kappa shape index (κ1) is 11.7. The van der Waals surface area contributed by atoms with Crippen LogP contribution in [0.5, 0.6) is 0 Å². The normalized spacial score (nSPS) is 10.2. The number of anilines is 2. The summed E-state index contributed by atoms with van der Waals surface area (Å²) in [5.74, 6) is 0. The average Bonchev–Trinajstić information content (AvgIpc) is 2.23. The van der Waals surface area contributed by atoms with Gasteiger partial charge in [0.1, 0.15) is 0 Å². The highest BCUT2D eigenvalue weighted by molar-refractivity contribution is 5.51. The molecule has 0 atom stereocenters. The highest BCUT2D eigenvalue weighted by atomic mass is 16.5. The van der Waals surface area contributed by atoms with Gasteiger partial charge in [-0.3, -0.25) is 4.98 Å². The van der Waals surface area contributed by atoms with Crippen molar-refractivity contribution in [2.75, 3.05) is 37.4 Å². The number of rotatable bonds is 7. The van der Waals surface area contributed by atoms with Crippen LogP contribution in [0.25, 0.3) is 0 Å². The number of aromatic nitrogens is 1. The predicted molar refractivity (Wildman–Crippen MR) is 59.7 cm³/mol. The maximum atomic E-state index is 8.47. The summed E-state index contributed by atoms with van der Waals surface area (Å²) in [7, 11) is 0. The van der Waals surface area contributed by atoms with Crippen molar-refractivity contribution in [1.82, 2.24) is 4.98 Å². The Morgan fingerprint density at radius 2 is 2.27 bits per heavy atom. The minimum atomic E-state index is 0.0760. The number of hydrogen-bond acceptors (Lipinski definition) is 5. The topological polar surface area (TPSA) is 80.4 Å². The molecule has 5 heteroatoms. The number of aliphatic hydroxyl groups is 1. The fraction of sp³-hybridized carbons (Fsp3) is 0.500. The van der Waals surface area contributed by atoms with Crippen molar-refractivity contribution >= 4 is 11.4 Å². The van der Waals surface area contributed by atoms with Gasteiger partial charge in [-0.1, -0.05) is 0 Å². The third kappa shape index (κ3) is 5.19. The summed E-state index contributed by atoms with van der Waals surface area (Å²) < 4.78 is 5.11. The smallest absolute Gasteiger partial charge is 0.0697 e. The van der Waals surface area contributed by atoms with Gasteiger partial charge in [0.15, 0.2) is 0 Å². The van der Waals surface area contributed by atoms with Gasteiger partial charge in [-0.2, -0.15) is 0 Å². The van der Waals surface area contributed by atoms with Gasteiger partial charge in [-0.15, -0.1) is 0 Å². The van der Waals surface area contributed by atoms with E-state index >= 15 is 0 Å². The number of nitrogen functional groups attached to an aromatic ring is 1. The summed E-state index contributed by atoms with van der Waals surface area (Å²) in [4.78, 5) is 3.96. The van der Waals surface area contributed by atoms with Crippen molar-refractivity contribution in [3.8, 4) is 0 Å². The first-order valence-electron chi connectivity index (χ1n) is 4.96. The van der Waals surface area contributed by atoms with E-state index in [0.717, 1.165) is 18.7 Å². The Hall–Kier alpha value is -1.33. The molecule has 1 heterocycles. The van der Waals surface area contributed by atoms with Crippen molar-refractivity contribution in [3.63, 3.8) is 0 Å². The van der Waals surface area contributed by atoms with Crippen LogP contribution in [0.2, 0.25) is 0 Å². The number of hydrogen-bond donors (Lipinski definition) is 3. The third-order valence-electron chi connectivity index (χ3n) is 1.79. The minimum Gasteiger partial charge on any atom is -0.397 e. The number of ether oxygens (including phenoxy) is 1. The molecule has 0 radical (unpaired) electrons. The SMILES string of the molecule is Nc1cncc(NCCCOCCO)c1. The summed E-state index contributed by atoms with van der Waals surface area (Å²) in [6, 6.07) is 1.83. The van der Waals surface area contributed by atoms with Crippen LogP contribution in [-0.4, -0.2) is 36.5 Å². The average molecular weight is 211 g/mol. The molecule has 0 fully saturated rings. The van der Waals surface area contributed by atoms with E-state index in [1.165, 1.54) is 0 Å². The summed E-state index contributed by atoms with van der Waals surface area (Å²) in [5, 5.41) is 11.6. The van der Waals surface area contributed by atoms with E-state index in [0.29, 0.717) is 18.9 Å². The maximum Gasteiger partial charge on any atom is 0.0697 e. The van der Waals surface area contributed by atoms with E-state index in [1.807, 2.05) is 6.07 Å². The van der Waals surface area contributed by atoms with E-state index in [1.54, 1.807) is 12.4 Å². The van der Waals surface area contributed by atoms with Crippen molar-refractivity contribution in [3.05, 3.63) is 18.5 Å². The van der Waals surface area contributed by atoms with E-state index in [2.05, 4.69) is 10.3 Å². The summed E-state index contributed by atoms with van der Waals surface area (Å²) in [5.41, 5.74) is 7.14. The Kier molecular flexibility index (Phi) is 5.50. The number of aliphatic hydroxyl groups excluding tert-OH is 1. The second kappa shape index (κ2) is 7.03. The van der Waals surface area contributed by atoms with E-state index in [9.17, 15) is 0 Å². The van der Waals surface area contributed by atoms with Crippen LogP contribution >= 0.6 is 0 Å².